The number of ether oxygens (including phenoxy) is 1. The lowest BCUT2D eigenvalue weighted by molar-refractivity contribution is -0.145. The Balaban J connectivity index is 0.00000378. The summed E-state index contributed by atoms with van der Waals surface area (Å²) in [5.41, 5.74) is 9.48. The monoisotopic (exact) mass is 765 g/mol. The standard InChI is InChI=1S/C42H51N3O6.2ClH/c43-26-38(42(50)45-34-18-17-33-27-44-23-22-32(33)24-34)31-15-12-30(13-16-31)28-51-41(49)11-7-2-1-6-10-36-37(40(48)25-39(36)47)21-20-35(46)19-14-29-8-4-3-5-9-29;;/h1,3-6,8-9,12-13,15-18,22-24,27,35-40,46-48H,2,7,10-11,14,19-21,25-26,28,43H2,(H,45,50);2*1H/b6-1-;;/t35-,36+,37+,38?,39-,40+;;/m0../s1. The minimum absolute atomic E-state index is 0. The van der Waals surface area contributed by atoms with Gasteiger partial charge in [-0.05, 0) is 103 Å². The molecular formula is C42H53Cl2N3O6. The van der Waals surface area contributed by atoms with Crippen LogP contribution < -0.4 is 11.1 Å². The number of carbonyl (C=O) groups is 2. The molecule has 1 fully saturated rings. The van der Waals surface area contributed by atoms with Gasteiger partial charge in [0.2, 0.25) is 5.91 Å². The number of esters is 1. The second-order valence-electron chi connectivity index (χ2n) is 13.7. The van der Waals surface area contributed by atoms with E-state index < -0.39 is 24.2 Å². The molecule has 1 aliphatic carbocycles. The highest BCUT2D eigenvalue weighted by atomic mass is 35.5. The van der Waals surface area contributed by atoms with Crippen LogP contribution in [0.2, 0.25) is 0 Å². The molecule has 1 saturated carbocycles. The van der Waals surface area contributed by atoms with E-state index in [2.05, 4.69) is 22.4 Å². The molecule has 5 rings (SSSR count). The summed E-state index contributed by atoms with van der Waals surface area (Å²) < 4.78 is 5.48. The average Bonchev–Trinajstić information content (AvgIpc) is 3.42. The van der Waals surface area contributed by atoms with Crippen molar-refractivity contribution in [2.24, 2.45) is 17.6 Å². The van der Waals surface area contributed by atoms with Crippen molar-refractivity contribution in [3.8, 4) is 0 Å². The number of unbranched alkanes of at least 4 members (excludes halogenated alkanes) is 1. The fourth-order valence-corrected chi connectivity index (χ4v) is 7.02. The molecular weight excluding hydrogens is 713 g/mol. The molecule has 0 aliphatic heterocycles. The van der Waals surface area contributed by atoms with Gasteiger partial charge in [-0.3, -0.25) is 14.6 Å². The fraction of sp³-hybridized carbons (Fsp3) is 0.405. The molecule has 4 aromatic rings. The summed E-state index contributed by atoms with van der Waals surface area (Å²) in [7, 11) is 0. The van der Waals surface area contributed by atoms with Crippen molar-refractivity contribution in [3.63, 3.8) is 0 Å². The Morgan fingerprint density at radius 3 is 2.42 bits per heavy atom. The Labute approximate surface area is 324 Å². The van der Waals surface area contributed by atoms with Crippen LogP contribution in [0, 0.1) is 11.8 Å². The molecule has 1 aliphatic rings. The van der Waals surface area contributed by atoms with E-state index in [0.717, 1.165) is 28.3 Å². The van der Waals surface area contributed by atoms with Crippen molar-refractivity contribution in [1.29, 1.82) is 0 Å². The van der Waals surface area contributed by atoms with Gasteiger partial charge in [0, 0.05) is 36.4 Å². The molecule has 1 aromatic heterocycles. The van der Waals surface area contributed by atoms with Crippen molar-refractivity contribution >= 4 is 53.2 Å². The summed E-state index contributed by atoms with van der Waals surface area (Å²) in [5, 5.41) is 36.7. The number of aromatic nitrogens is 1. The van der Waals surface area contributed by atoms with E-state index in [-0.39, 0.29) is 68.1 Å². The average molecular weight is 767 g/mol. The van der Waals surface area contributed by atoms with Crippen LogP contribution in [-0.2, 0) is 27.4 Å². The van der Waals surface area contributed by atoms with E-state index in [1.54, 1.807) is 12.4 Å². The summed E-state index contributed by atoms with van der Waals surface area (Å²) in [6, 6.07) is 25.0. The van der Waals surface area contributed by atoms with Gasteiger partial charge < -0.3 is 31.1 Å². The molecule has 0 radical (unpaired) electrons. The molecule has 0 bridgehead atoms. The van der Waals surface area contributed by atoms with Crippen LogP contribution in [-0.4, -0.2) is 57.0 Å². The number of carbonyl (C=O) groups excluding carboxylic acids is 2. The highest BCUT2D eigenvalue weighted by Gasteiger charge is 2.40. The molecule has 286 valence electrons. The third-order valence-corrected chi connectivity index (χ3v) is 10.0. The Morgan fingerprint density at radius 2 is 1.66 bits per heavy atom. The number of fused-ring (bicyclic) bond motifs is 1. The first-order chi connectivity index (χ1) is 24.8. The Hall–Kier alpha value is -3.83. The number of nitrogens with one attached hydrogen (secondary N) is 1. The molecule has 11 heteroatoms. The van der Waals surface area contributed by atoms with Gasteiger partial charge >= 0.3 is 5.97 Å². The smallest absolute Gasteiger partial charge is 0.306 e. The van der Waals surface area contributed by atoms with Gasteiger partial charge in [0.15, 0.2) is 0 Å². The number of benzene rings is 3. The second-order valence-corrected chi connectivity index (χ2v) is 13.7. The van der Waals surface area contributed by atoms with E-state index in [4.69, 9.17) is 10.5 Å². The van der Waals surface area contributed by atoms with Gasteiger partial charge in [0.1, 0.15) is 6.61 Å². The van der Waals surface area contributed by atoms with Crippen LogP contribution >= 0.6 is 24.8 Å². The van der Waals surface area contributed by atoms with E-state index >= 15 is 0 Å². The van der Waals surface area contributed by atoms with Crippen LogP contribution in [0.1, 0.15) is 74.0 Å². The zero-order valence-electron chi connectivity index (χ0n) is 30.0. The molecule has 0 spiro atoms. The predicted octanol–water partition coefficient (Wildman–Crippen LogP) is 7.05. The Bertz CT molecular complexity index is 1730. The van der Waals surface area contributed by atoms with Gasteiger partial charge in [-0.2, -0.15) is 0 Å². The summed E-state index contributed by atoms with van der Waals surface area (Å²) >= 11 is 0. The van der Waals surface area contributed by atoms with Crippen molar-refractivity contribution < 1.29 is 29.6 Å². The Kier molecular flexibility index (Phi) is 18.4. The Morgan fingerprint density at radius 1 is 0.906 bits per heavy atom. The van der Waals surface area contributed by atoms with Gasteiger partial charge in [-0.1, -0.05) is 72.8 Å². The lowest BCUT2D eigenvalue weighted by Crippen LogP contribution is -2.27. The largest absolute Gasteiger partial charge is 0.461 e. The number of anilines is 1. The SMILES string of the molecule is Cl.Cl.NCC(C(=O)Nc1ccc2cnccc2c1)c1ccc(COC(=O)CCC/C=C\C[C@@H]2[C@@H](CC[C@@H](O)CCc3ccccc3)[C@H](O)C[C@@H]2O)cc1. The zero-order chi connectivity index (χ0) is 36.0. The van der Waals surface area contributed by atoms with Crippen LogP contribution in [0.5, 0.6) is 0 Å². The maximum absolute atomic E-state index is 13.1. The third-order valence-electron chi connectivity index (χ3n) is 10.0. The maximum Gasteiger partial charge on any atom is 0.306 e. The molecule has 6 N–H and O–H groups in total. The van der Waals surface area contributed by atoms with Crippen molar-refractivity contribution in [2.45, 2.75) is 88.6 Å². The number of amides is 1. The van der Waals surface area contributed by atoms with Crippen molar-refractivity contribution in [3.05, 3.63) is 120 Å². The number of halogens is 2. The number of aryl methyl sites for hydroxylation is 1. The number of hydrogen-bond donors (Lipinski definition) is 5. The normalized spacial score (nSPS) is 19.2. The van der Waals surface area contributed by atoms with Crippen molar-refractivity contribution in [1.82, 2.24) is 4.98 Å². The minimum atomic E-state index is -0.563. The molecule has 6 atom stereocenters. The first-order valence-corrected chi connectivity index (χ1v) is 18.1. The first-order valence-electron chi connectivity index (χ1n) is 18.1. The number of hydrogen-bond acceptors (Lipinski definition) is 8. The molecule has 53 heavy (non-hydrogen) atoms. The number of pyridine rings is 1. The number of aliphatic hydroxyl groups excluding tert-OH is 3. The second kappa shape index (κ2) is 22.4. The van der Waals surface area contributed by atoms with Crippen LogP contribution in [0.15, 0.2) is 103 Å². The molecule has 3 aromatic carbocycles. The summed E-state index contributed by atoms with van der Waals surface area (Å²) in [6.07, 6.45) is 11.4. The lowest BCUT2D eigenvalue weighted by atomic mass is 9.85. The number of rotatable bonds is 18. The summed E-state index contributed by atoms with van der Waals surface area (Å²) in [4.78, 5) is 29.6. The number of allylic oxidation sites excluding steroid dienone is 2. The molecule has 1 unspecified atom stereocenters. The van der Waals surface area contributed by atoms with Crippen LogP contribution in [0.3, 0.4) is 0 Å². The van der Waals surface area contributed by atoms with Gasteiger partial charge in [0.25, 0.3) is 0 Å². The van der Waals surface area contributed by atoms with E-state index in [0.29, 0.717) is 50.6 Å². The number of nitrogens with two attached hydrogens (primary N) is 1. The van der Waals surface area contributed by atoms with Crippen LogP contribution in [0.4, 0.5) is 5.69 Å². The maximum atomic E-state index is 13.1. The predicted molar refractivity (Wildman–Crippen MR) is 214 cm³/mol. The quantitative estimate of drug-likeness (QED) is 0.0410. The van der Waals surface area contributed by atoms with Crippen LogP contribution in [0.25, 0.3) is 10.8 Å². The molecule has 0 saturated heterocycles. The van der Waals surface area contributed by atoms with Crippen molar-refractivity contribution in [2.75, 3.05) is 11.9 Å². The molecule has 1 heterocycles. The lowest BCUT2D eigenvalue weighted by Gasteiger charge is -2.23. The highest BCUT2D eigenvalue weighted by Crippen LogP contribution is 2.38. The zero-order valence-corrected chi connectivity index (χ0v) is 31.6. The minimum Gasteiger partial charge on any atom is -0.461 e. The number of aliphatic hydroxyl groups is 3. The van der Waals surface area contributed by atoms with E-state index in [1.165, 1.54) is 5.56 Å². The fourth-order valence-electron chi connectivity index (χ4n) is 7.02. The van der Waals surface area contributed by atoms with Gasteiger partial charge in [-0.25, -0.2) is 0 Å². The summed E-state index contributed by atoms with van der Waals surface area (Å²) in [5.74, 6) is -1.10. The molecule has 1 amide bonds. The van der Waals surface area contributed by atoms with E-state index in [1.807, 2.05) is 78.9 Å². The number of nitrogens with zero attached hydrogens (tertiary/aromatic N) is 1. The topological polar surface area (TPSA) is 155 Å². The highest BCUT2D eigenvalue weighted by molar-refractivity contribution is 5.98. The first kappa shape index (κ1) is 43.6. The molecule has 9 nitrogen and oxygen atoms in total. The third kappa shape index (κ3) is 13.2. The summed E-state index contributed by atoms with van der Waals surface area (Å²) in [6.45, 7) is 0.292. The van der Waals surface area contributed by atoms with E-state index in [9.17, 15) is 24.9 Å². The van der Waals surface area contributed by atoms with Gasteiger partial charge in [-0.15, -0.1) is 24.8 Å². The van der Waals surface area contributed by atoms with Gasteiger partial charge in [0.05, 0.1) is 24.2 Å².